The van der Waals surface area contributed by atoms with Gasteiger partial charge in [0.15, 0.2) is 0 Å². The highest BCUT2D eigenvalue weighted by molar-refractivity contribution is 9.10. The van der Waals surface area contributed by atoms with Crippen LogP contribution in [0.3, 0.4) is 0 Å². The second-order valence-electron chi connectivity index (χ2n) is 5.26. The van der Waals surface area contributed by atoms with Crippen LogP contribution in [0.4, 0.5) is 5.69 Å². The van der Waals surface area contributed by atoms with Crippen LogP contribution >= 0.6 is 15.9 Å². The Kier molecular flexibility index (Phi) is 10.3. The lowest BCUT2D eigenvalue weighted by Crippen LogP contribution is -2.18. The van der Waals surface area contributed by atoms with Gasteiger partial charge in [0.25, 0.3) is 0 Å². The van der Waals surface area contributed by atoms with Crippen LogP contribution in [-0.4, -0.2) is 18.4 Å². The van der Waals surface area contributed by atoms with Gasteiger partial charge < -0.3 is 10.1 Å². The Labute approximate surface area is 163 Å². The van der Waals surface area contributed by atoms with E-state index in [1.165, 1.54) is 12.8 Å². The van der Waals surface area contributed by atoms with Gasteiger partial charge in [0.05, 0.1) is 0 Å². The lowest BCUT2D eigenvalue weighted by Gasteiger charge is -2.12. The third-order valence-electron chi connectivity index (χ3n) is 3.56. The summed E-state index contributed by atoms with van der Waals surface area (Å²) in [7, 11) is 1.91. The van der Waals surface area contributed by atoms with Gasteiger partial charge in [-0.3, -0.25) is 10.2 Å². The van der Waals surface area contributed by atoms with Crippen molar-refractivity contribution in [2.24, 2.45) is 5.84 Å². The first-order chi connectivity index (χ1) is 12.7. The van der Waals surface area contributed by atoms with E-state index < -0.39 is 0 Å². The molecule has 142 valence electrons. The average molecular weight is 423 g/mol. The number of carbonyl (C=O) groups is 1. The normalized spacial score (nSPS) is 11.9. The number of halogens is 1. The minimum absolute atomic E-state index is 0.403. The van der Waals surface area contributed by atoms with Crippen molar-refractivity contribution >= 4 is 28.0 Å². The SMILES string of the molecule is CC.CNc1cccc(Br)c1COc1cccc(C2CC2)n1.NNC=O. The number of benzene rings is 1. The summed E-state index contributed by atoms with van der Waals surface area (Å²) in [6.45, 7) is 4.50. The smallest absolute Gasteiger partial charge is 0.221 e. The second kappa shape index (κ2) is 12.3. The van der Waals surface area contributed by atoms with Crippen molar-refractivity contribution in [2.75, 3.05) is 12.4 Å². The number of ether oxygens (including phenoxy) is 1. The number of pyridine rings is 1. The molecule has 2 aromatic rings. The third-order valence-corrected chi connectivity index (χ3v) is 4.30. The Morgan fingerprint density at radius 1 is 1.27 bits per heavy atom. The largest absolute Gasteiger partial charge is 0.473 e. The van der Waals surface area contributed by atoms with Crippen LogP contribution in [0.5, 0.6) is 5.88 Å². The molecule has 0 bridgehead atoms. The maximum absolute atomic E-state index is 8.94. The molecule has 7 heteroatoms. The molecule has 1 aliphatic rings. The van der Waals surface area contributed by atoms with E-state index >= 15 is 0 Å². The maximum Gasteiger partial charge on any atom is 0.221 e. The molecule has 6 nitrogen and oxygen atoms in total. The molecule has 1 aromatic heterocycles. The monoisotopic (exact) mass is 422 g/mol. The van der Waals surface area contributed by atoms with Crippen LogP contribution in [0, 0.1) is 0 Å². The number of hydrogen-bond donors (Lipinski definition) is 3. The number of anilines is 1. The molecular formula is C19H27BrN4O2. The molecule has 4 N–H and O–H groups in total. The van der Waals surface area contributed by atoms with Crippen molar-refractivity contribution in [3.8, 4) is 5.88 Å². The average Bonchev–Trinajstić information content (AvgIpc) is 3.54. The highest BCUT2D eigenvalue weighted by Gasteiger charge is 2.25. The predicted octanol–water partition coefficient (Wildman–Crippen LogP) is 3.97. The molecule has 1 fully saturated rings. The van der Waals surface area contributed by atoms with Crippen LogP contribution in [0.2, 0.25) is 0 Å². The first-order valence-corrected chi connectivity index (χ1v) is 9.43. The fourth-order valence-corrected chi connectivity index (χ4v) is 2.68. The van der Waals surface area contributed by atoms with Crippen LogP contribution < -0.4 is 21.3 Å². The van der Waals surface area contributed by atoms with Gasteiger partial charge in [-0.05, 0) is 31.0 Å². The van der Waals surface area contributed by atoms with E-state index in [0.29, 0.717) is 24.8 Å². The Morgan fingerprint density at radius 2 is 1.92 bits per heavy atom. The van der Waals surface area contributed by atoms with Gasteiger partial charge in [-0.15, -0.1) is 0 Å². The number of nitrogens with zero attached hydrogens (tertiary/aromatic N) is 1. The van der Waals surface area contributed by atoms with E-state index in [9.17, 15) is 0 Å². The minimum Gasteiger partial charge on any atom is -0.473 e. The van der Waals surface area contributed by atoms with Gasteiger partial charge >= 0.3 is 0 Å². The van der Waals surface area contributed by atoms with Gasteiger partial charge in [0, 0.05) is 40.4 Å². The number of nitrogens with two attached hydrogens (primary N) is 1. The van der Waals surface area contributed by atoms with Crippen molar-refractivity contribution in [1.82, 2.24) is 10.4 Å². The zero-order chi connectivity index (χ0) is 19.4. The fourth-order valence-electron chi connectivity index (χ4n) is 2.20. The van der Waals surface area contributed by atoms with Crippen molar-refractivity contribution in [3.63, 3.8) is 0 Å². The zero-order valence-electron chi connectivity index (χ0n) is 15.5. The summed E-state index contributed by atoms with van der Waals surface area (Å²) >= 11 is 3.57. The van der Waals surface area contributed by atoms with E-state index in [4.69, 9.17) is 9.53 Å². The Morgan fingerprint density at radius 3 is 2.50 bits per heavy atom. The molecule has 1 aromatic carbocycles. The van der Waals surface area contributed by atoms with Crippen molar-refractivity contribution in [3.05, 3.63) is 52.1 Å². The maximum atomic E-state index is 8.94. The van der Waals surface area contributed by atoms with Crippen LogP contribution in [0.1, 0.15) is 43.9 Å². The molecule has 0 radical (unpaired) electrons. The van der Waals surface area contributed by atoms with E-state index in [2.05, 4.69) is 38.1 Å². The van der Waals surface area contributed by atoms with Crippen LogP contribution in [-0.2, 0) is 11.4 Å². The van der Waals surface area contributed by atoms with E-state index in [-0.39, 0.29) is 0 Å². The molecule has 1 amide bonds. The minimum atomic E-state index is 0.403. The summed E-state index contributed by atoms with van der Waals surface area (Å²) in [5.41, 5.74) is 5.08. The highest BCUT2D eigenvalue weighted by Crippen LogP contribution is 2.39. The molecule has 3 rings (SSSR count). The van der Waals surface area contributed by atoms with Crippen LogP contribution in [0.15, 0.2) is 40.9 Å². The van der Waals surface area contributed by atoms with Crippen molar-refractivity contribution in [2.45, 2.75) is 39.2 Å². The summed E-state index contributed by atoms with van der Waals surface area (Å²) in [5.74, 6) is 5.76. The number of amides is 1. The lowest BCUT2D eigenvalue weighted by molar-refractivity contribution is -0.109. The number of aromatic nitrogens is 1. The quantitative estimate of drug-likeness (QED) is 0.283. The molecule has 0 atom stereocenters. The molecule has 0 spiro atoms. The number of carbonyl (C=O) groups excluding carboxylic acids is 1. The first-order valence-electron chi connectivity index (χ1n) is 8.64. The summed E-state index contributed by atoms with van der Waals surface area (Å²) in [6.07, 6.45) is 2.91. The van der Waals surface area contributed by atoms with Gasteiger partial charge in [-0.25, -0.2) is 10.8 Å². The van der Waals surface area contributed by atoms with Gasteiger partial charge in [-0.1, -0.05) is 41.9 Å². The molecule has 1 aliphatic carbocycles. The summed E-state index contributed by atoms with van der Waals surface area (Å²) < 4.78 is 6.90. The number of rotatable bonds is 6. The summed E-state index contributed by atoms with van der Waals surface area (Å²) in [5, 5.41) is 3.18. The fraction of sp³-hybridized carbons (Fsp3) is 0.368. The molecule has 0 aliphatic heterocycles. The lowest BCUT2D eigenvalue weighted by atomic mass is 10.2. The van der Waals surface area contributed by atoms with Crippen molar-refractivity contribution in [1.29, 1.82) is 0 Å². The number of nitrogens with one attached hydrogen (secondary N) is 2. The molecule has 26 heavy (non-hydrogen) atoms. The molecule has 0 saturated heterocycles. The molecule has 1 heterocycles. The third kappa shape index (κ3) is 7.01. The summed E-state index contributed by atoms with van der Waals surface area (Å²) in [6, 6.07) is 12.1. The Bertz CT molecular complexity index is 678. The molecule has 1 saturated carbocycles. The molecular weight excluding hydrogens is 396 g/mol. The first kappa shape index (κ1) is 21.9. The predicted molar refractivity (Wildman–Crippen MR) is 109 cm³/mol. The summed E-state index contributed by atoms with van der Waals surface area (Å²) in [4.78, 5) is 13.5. The van der Waals surface area contributed by atoms with Gasteiger partial charge in [0.2, 0.25) is 12.3 Å². The van der Waals surface area contributed by atoms with E-state index in [1.54, 1.807) is 5.43 Å². The molecule has 0 unspecified atom stereocenters. The highest BCUT2D eigenvalue weighted by atomic mass is 79.9. The van der Waals surface area contributed by atoms with Crippen LogP contribution in [0.25, 0.3) is 0 Å². The van der Waals surface area contributed by atoms with E-state index in [0.717, 1.165) is 21.4 Å². The number of hydrogen-bond acceptors (Lipinski definition) is 5. The van der Waals surface area contributed by atoms with Gasteiger partial charge in [-0.2, -0.15) is 0 Å². The van der Waals surface area contributed by atoms with Crippen molar-refractivity contribution < 1.29 is 9.53 Å². The second-order valence-corrected chi connectivity index (χ2v) is 6.12. The Hall–Kier alpha value is -2.12. The van der Waals surface area contributed by atoms with Gasteiger partial charge in [0.1, 0.15) is 6.61 Å². The topological polar surface area (TPSA) is 89.3 Å². The number of hydrazine groups is 1. The van der Waals surface area contributed by atoms with E-state index in [1.807, 2.05) is 51.2 Å². The zero-order valence-corrected chi connectivity index (χ0v) is 17.0. The standard InChI is InChI=1S/C16H17BrN2O.C2H6.CH4N2O/c1-18-15-6-2-4-13(17)12(15)10-20-16-7-3-5-14(19-16)11-8-9-11;1-2;2-3-1-4/h2-7,11,18H,8-10H2,1H3;1-2H3;1H,2H2,(H,3,4). The Balaban J connectivity index is 0.000000500.